The molecule has 4 heteroatoms. The summed E-state index contributed by atoms with van der Waals surface area (Å²) in [5.74, 6) is 0.123. The van der Waals surface area contributed by atoms with E-state index in [1.807, 2.05) is 60.7 Å². The molecule has 33 heavy (non-hydrogen) atoms. The Hall–Kier alpha value is -4.44. The highest BCUT2D eigenvalue weighted by atomic mass is 16.5. The number of carbonyl (C=O) groups is 2. The number of esters is 1. The van der Waals surface area contributed by atoms with E-state index in [2.05, 4.69) is 0 Å². The second kappa shape index (κ2) is 10.2. The van der Waals surface area contributed by atoms with Crippen molar-refractivity contribution in [1.29, 1.82) is 0 Å². The minimum atomic E-state index is -0.531. The molecule has 0 bridgehead atoms. The number of methoxy groups -OCH3 is 1. The van der Waals surface area contributed by atoms with Gasteiger partial charge in [0, 0.05) is 11.1 Å². The minimum Gasteiger partial charge on any atom is -0.496 e. The van der Waals surface area contributed by atoms with E-state index in [0.29, 0.717) is 28.2 Å². The molecule has 0 heterocycles. The molecule has 4 aromatic carbocycles. The fraction of sp³-hybridized carbons (Fsp3) is 0.0345. The van der Waals surface area contributed by atoms with Crippen molar-refractivity contribution in [3.8, 4) is 22.6 Å². The Kier molecular flexibility index (Phi) is 6.76. The maximum atomic E-state index is 12.7. The number of ketones is 1. The Morgan fingerprint density at radius 2 is 1.27 bits per heavy atom. The average Bonchev–Trinajstić information content (AvgIpc) is 2.88. The van der Waals surface area contributed by atoms with Crippen molar-refractivity contribution in [2.75, 3.05) is 7.11 Å². The number of carbonyl (C=O) groups excluding carboxylic acids is 2. The third kappa shape index (κ3) is 5.25. The quantitative estimate of drug-likeness (QED) is 0.145. The zero-order valence-corrected chi connectivity index (χ0v) is 18.1. The zero-order valence-electron chi connectivity index (χ0n) is 18.1. The molecule has 4 aromatic rings. The smallest absolute Gasteiger partial charge is 0.347 e. The van der Waals surface area contributed by atoms with Crippen LogP contribution in [-0.4, -0.2) is 18.9 Å². The molecule has 0 aliphatic heterocycles. The molecule has 0 aliphatic rings. The highest BCUT2D eigenvalue weighted by Crippen LogP contribution is 2.24. The van der Waals surface area contributed by atoms with Gasteiger partial charge in [0.05, 0.1) is 7.11 Å². The Balaban J connectivity index is 1.50. The molecule has 0 amide bonds. The van der Waals surface area contributed by atoms with E-state index < -0.39 is 5.97 Å². The lowest BCUT2D eigenvalue weighted by atomic mass is 10.0. The van der Waals surface area contributed by atoms with Gasteiger partial charge in [-0.25, -0.2) is 4.79 Å². The van der Waals surface area contributed by atoms with E-state index in [1.165, 1.54) is 13.2 Å². The third-order valence-corrected chi connectivity index (χ3v) is 5.14. The van der Waals surface area contributed by atoms with Crippen molar-refractivity contribution < 1.29 is 19.1 Å². The lowest BCUT2D eigenvalue weighted by Gasteiger charge is -2.10. The van der Waals surface area contributed by atoms with Crippen LogP contribution in [0.1, 0.15) is 26.3 Å². The molecule has 0 saturated carbocycles. The molecule has 0 saturated heterocycles. The number of ether oxygens (including phenoxy) is 2. The second-order valence-corrected chi connectivity index (χ2v) is 7.27. The molecule has 0 fully saturated rings. The Labute approximate surface area is 192 Å². The number of allylic oxidation sites excluding steroid dienone is 1. The van der Waals surface area contributed by atoms with Gasteiger partial charge in [0.2, 0.25) is 0 Å². The fourth-order valence-corrected chi connectivity index (χ4v) is 3.40. The van der Waals surface area contributed by atoms with Crippen LogP contribution in [0.2, 0.25) is 0 Å². The Morgan fingerprint density at radius 1 is 0.667 bits per heavy atom. The van der Waals surface area contributed by atoms with Gasteiger partial charge in [-0.2, -0.15) is 0 Å². The summed E-state index contributed by atoms with van der Waals surface area (Å²) in [6.45, 7) is 0. The predicted octanol–water partition coefficient (Wildman–Crippen LogP) is 6.48. The monoisotopic (exact) mass is 434 g/mol. The van der Waals surface area contributed by atoms with Gasteiger partial charge < -0.3 is 9.47 Å². The highest BCUT2D eigenvalue weighted by Gasteiger charge is 2.15. The van der Waals surface area contributed by atoms with Crippen molar-refractivity contribution in [3.05, 3.63) is 126 Å². The molecule has 0 radical (unpaired) electrons. The maximum absolute atomic E-state index is 12.7. The van der Waals surface area contributed by atoms with Crippen molar-refractivity contribution in [2.45, 2.75) is 0 Å². The van der Waals surface area contributed by atoms with E-state index in [9.17, 15) is 9.59 Å². The number of hydrogen-bond acceptors (Lipinski definition) is 4. The number of rotatable bonds is 7. The van der Waals surface area contributed by atoms with Crippen LogP contribution in [-0.2, 0) is 0 Å². The zero-order chi connectivity index (χ0) is 23.0. The third-order valence-electron chi connectivity index (χ3n) is 5.14. The summed E-state index contributed by atoms with van der Waals surface area (Å²) < 4.78 is 10.8. The van der Waals surface area contributed by atoms with Crippen LogP contribution in [0.4, 0.5) is 0 Å². The first-order valence-corrected chi connectivity index (χ1v) is 10.5. The van der Waals surface area contributed by atoms with Crippen LogP contribution >= 0.6 is 0 Å². The van der Waals surface area contributed by atoms with Crippen LogP contribution in [0.25, 0.3) is 17.2 Å². The molecule has 0 aliphatic carbocycles. The van der Waals surface area contributed by atoms with Crippen molar-refractivity contribution in [2.24, 2.45) is 0 Å². The van der Waals surface area contributed by atoms with Crippen LogP contribution < -0.4 is 9.47 Å². The van der Waals surface area contributed by atoms with E-state index >= 15 is 0 Å². The van der Waals surface area contributed by atoms with Crippen molar-refractivity contribution in [1.82, 2.24) is 0 Å². The molecule has 0 spiro atoms. The topological polar surface area (TPSA) is 52.6 Å². The molecular weight excluding hydrogens is 412 g/mol. The normalized spacial score (nSPS) is 10.7. The first-order chi connectivity index (χ1) is 16.2. The summed E-state index contributed by atoms with van der Waals surface area (Å²) >= 11 is 0. The molecule has 0 aromatic heterocycles. The van der Waals surface area contributed by atoms with E-state index in [-0.39, 0.29) is 5.78 Å². The molecule has 0 N–H and O–H groups in total. The van der Waals surface area contributed by atoms with Gasteiger partial charge in [-0.3, -0.25) is 4.79 Å². The Morgan fingerprint density at radius 3 is 2.00 bits per heavy atom. The lowest BCUT2D eigenvalue weighted by Crippen LogP contribution is -2.10. The van der Waals surface area contributed by atoms with Gasteiger partial charge >= 0.3 is 5.97 Å². The van der Waals surface area contributed by atoms with Gasteiger partial charge in [-0.05, 0) is 41.5 Å². The molecular formula is C29H22O4. The van der Waals surface area contributed by atoms with Crippen molar-refractivity contribution >= 4 is 17.8 Å². The first-order valence-electron chi connectivity index (χ1n) is 10.5. The van der Waals surface area contributed by atoms with Gasteiger partial charge in [0.15, 0.2) is 5.78 Å². The van der Waals surface area contributed by atoms with Crippen LogP contribution in [0.15, 0.2) is 109 Å². The number of benzene rings is 4. The second-order valence-electron chi connectivity index (χ2n) is 7.27. The summed E-state index contributed by atoms with van der Waals surface area (Å²) in [4.78, 5) is 25.4. The summed E-state index contributed by atoms with van der Waals surface area (Å²) in [7, 11) is 1.50. The molecule has 0 unspecified atom stereocenters. The molecule has 0 atom stereocenters. The molecule has 4 rings (SSSR count). The summed E-state index contributed by atoms with van der Waals surface area (Å²) in [5.41, 5.74) is 3.67. The SMILES string of the molecule is COc1ccccc1C(=O)Oc1ccccc1C=CC(=O)c1ccc(-c2ccccc2)cc1. The van der Waals surface area contributed by atoms with Gasteiger partial charge in [-0.15, -0.1) is 0 Å². The number of hydrogen-bond donors (Lipinski definition) is 0. The van der Waals surface area contributed by atoms with E-state index in [1.54, 1.807) is 48.5 Å². The highest BCUT2D eigenvalue weighted by molar-refractivity contribution is 6.07. The maximum Gasteiger partial charge on any atom is 0.347 e. The number of para-hydroxylation sites is 2. The van der Waals surface area contributed by atoms with Gasteiger partial charge in [0.1, 0.15) is 17.1 Å². The minimum absolute atomic E-state index is 0.138. The summed E-state index contributed by atoms with van der Waals surface area (Å²) in [5, 5.41) is 0. The van der Waals surface area contributed by atoms with Crippen LogP contribution in [0, 0.1) is 0 Å². The van der Waals surface area contributed by atoms with Crippen LogP contribution in [0.5, 0.6) is 11.5 Å². The summed E-state index contributed by atoms with van der Waals surface area (Å²) in [6.07, 6.45) is 3.13. The van der Waals surface area contributed by atoms with Crippen LogP contribution in [0.3, 0.4) is 0 Å². The molecule has 4 nitrogen and oxygen atoms in total. The average molecular weight is 434 g/mol. The Bertz CT molecular complexity index is 1290. The molecule has 162 valence electrons. The fourth-order valence-electron chi connectivity index (χ4n) is 3.40. The first kappa shape index (κ1) is 21.8. The van der Waals surface area contributed by atoms with E-state index in [4.69, 9.17) is 9.47 Å². The van der Waals surface area contributed by atoms with E-state index in [0.717, 1.165) is 11.1 Å². The van der Waals surface area contributed by atoms with Crippen molar-refractivity contribution in [3.63, 3.8) is 0 Å². The predicted molar refractivity (Wildman–Crippen MR) is 130 cm³/mol. The van der Waals surface area contributed by atoms with Gasteiger partial charge in [-0.1, -0.05) is 84.9 Å². The standard InChI is InChI=1S/C29H22O4/c1-32-28-14-8-6-12-25(28)29(31)33-27-13-7-5-11-24(27)19-20-26(30)23-17-15-22(16-18-23)21-9-3-2-4-10-21/h2-20H,1H3. The lowest BCUT2D eigenvalue weighted by molar-refractivity contribution is 0.0730. The summed E-state index contributed by atoms with van der Waals surface area (Å²) in [6, 6.07) is 31.4. The van der Waals surface area contributed by atoms with Gasteiger partial charge in [0.25, 0.3) is 0 Å². The largest absolute Gasteiger partial charge is 0.496 e.